The van der Waals surface area contributed by atoms with Gasteiger partial charge in [-0.1, -0.05) is 24.3 Å². The Kier molecular flexibility index (Phi) is 3.60. The highest BCUT2D eigenvalue weighted by molar-refractivity contribution is 7.20. The number of hydrogen-bond acceptors (Lipinski definition) is 3. The van der Waals surface area contributed by atoms with Gasteiger partial charge >= 0.3 is 0 Å². The molecule has 0 saturated carbocycles. The maximum Gasteiger partial charge on any atom is 0.195 e. The van der Waals surface area contributed by atoms with Crippen molar-refractivity contribution >= 4 is 27.3 Å². The smallest absolute Gasteiger partial charge is 0.195 e. The van der Waals surface area contributed by atoms with E-state index in [0.717, 1.165) is 15.8 Å². The molecular weight excluding hydrogens is 278 g/mol. The Bertz CT molecular complexity index is 799. The Hall–Kier alpha value is -2.00. The summed E-state index contributed by atoms with van der Waals surface area (Å²) < 4.78 is 1.07. The molecule has 0 bridgehead atoms. The number of Topliss-reactive ketones (excluding diaryl/α,β-unsaturated/α-hetero) is 1. The van der Waals surface area contributed by atoms with Crippen LogP contribution < -0.4 is 0 Å². The summed E-state index contributed by atoms with van der Waals surface area (Å²) in [4.78, 5) is 16.9. The molecule has 0 aliphatic rings. The first-order valence-corrected chi connectivity index (χ1v) is 7.82. The van der Waals surface area contributed by atoms with E-state index in [1.807, 2.05) is 24.3 Å². The number of nitrogens with zero attached hydrogens (tertiary/aromatic N) is 1. The number of benzene rings is 2. The minimum Gasteiger partial charge on any atom is -0.291 e. The maximum absolute atomic E-state index is 12.5. The van der Waals surface area contributed by atoms with E-state index < -0.39 is 0 Å². The van der Waals surface area contributed by atoms with Crippen LogP contribution in [-0.4, -0.2) is 10.8 Å². The summed E-state index contributed by atoms with van der Waals surface area (Å²) >= 11 is 1.48. The minimum atomic E-state index is 0.0996. The van der Waals surface area contributed by atoms with Crippen molar-refractivity contribution < 1.29 is 4.79 Å². The van der Waals surface area contributed by atoms with Crippen molar-refractivity contribution in [3.05, 3.63) is 63.7 Å². The van der Waals surface area contributed by atoms with Gasteiger partial charge in [0.15, 0.2) is 10.8 Å². The molecule has 3 aromatic rings. The molecule has 0 unspecified atom stereocenters. The number of ketones is 1. The second-order valence-corrected chi connectivity index (χ2v) is 6.48. The fourth-order valence-corrected chi connectivity index (χ4v) is 3.35. The topological polar surface area (TPSA) is 30.0 Å². The predicted molar refractivity (Wildman–Crippen MR) is 88.3 cm³/mol. The van der Waals surface area contributed by atoms with Gasteiger partial charge in [-0.15, -0.1) is 11.3 Å². The number of carbonyl (C=O) groups excluding carboxylic acids is 1. The molecule has 3 rings (SSSR count). The quantitative estimate of drug-likeness (QED) is 0.658. The van der Waals surface area contributed by atoms with Crippen LogP contribution in [0, 0.1) is 20.8 Å². The Morgan fingerprint density at radius 2 is 1.76 bits per heavy atom. The largest absolute Gasteiger partial charge is 0.291 e. The molecule has 0 atom stereocenters. The van der Waals surface area contributed by atoms with Crippen molar-refractivity contribution in [1.82, 2.24) is 4.98 Å². The van der Waals surface area contributed by atoms with E-state index in [-0.39, 0.29) is 5.78 Å². The van der Waals surface area contributed by atoms with Crippen LogP contribution in [0.4, 0.5) is 0 Å². The van der Waals surface area contributed by atoms with Gasteiger partial charge in [0.1, 0.15) is 0 Å². The van der Waals surface area contributed by atoms with Crippen molar-refractivity contribution in [2.75, 3.05) is 0 Å². The Labute approximate surface area is 128 Å². The lowest BCUT2D eigenvalue weighted by Crippen LogP contribution is -2.05. The molecule has 0 spiro atoms. The summed E-state index contributed by atoms with van der Waals surface area (Å²) in [5, 5.41) is 0.605. The van der Waals surface area contributed by atoms with E-state index in [1.165, 1.54) is 28.0 Å². The van der Waals surface area contributed by atoms with Gasteiger partial charge in [0.25, 0.3) is 0 Å². The van der Waals surface area contributed by atoms with E-state index in [9.17, 15) is 4.79 Å². The first kappa shape index (κ1) is 14.0. The van der Waals surface area contributed by atoms with E-state index in [0.29, 0.717) is 11.4 Å². The van der Waals surface area contributed by atoms with E-state index in [1.54, 1.807) is 0 Å². The molecule has 1 aromatic heterocycles. The fourth-order valence-electron chi connectivity index (χ4n) is 2.45. The van der Waals surface area contributed by atoms with Crippen LogP contribution >= 0.6 is 11.3 Å². The number of aromatic nitrogens is 1. The second kappa shape index (κ2) is 5.41. The molecule has 0 aliphatic heterocycles. The van der Waals surface area contributed by atoms with Crippen LogP contribution in [0.15, 0.2) is 36.4 Å². The van der Waals surface area contributed by atoms with Crippen molar-refractivity contribution in [1.29, 1.82) is 0 Å². The average Bonchev–Trinajstić information content (AvgIpc) is 2.88. The molecule has 0 saturated heterocycles. The molecule has 0 N–H and O–H groups in total. The van der Waals surface area contributed by atoms with Gasteiger partial charge in [-0.2, -0.15) is 0 Å². The molecule has 0 amide bonds. The van der Waals surface area contributed by atoms with Gasteiger partial charge in [-0.05, 0) is 55.2 Å². The molecular formula is C18H17NOS. The lowest BCUT2D eigenvalue weighted by atomic mass is 9.97. The molecule has 2 aromatic carbocycles. The van der Waals surface area contributed by atoms with Gasteiger partial charge < -0.3 is 0 Å². The molecule has 0 radical (unpaired) electrons. The van der Waals surface area contributed by atoms with Gasteiger partial charge in [0.2, 0.25) is 0 Å². The maximum atomic E-state index is 12.5. The van der Waals surface area contributed by atoms with Gasteiger partial charge in [0, 0.05) is 6.42 Å². The Morgan fingerprint density at radius 1 is 1.05 bits per heavy atom. The summed E-state index contributed by atoms with van der Waals surface area (Å²) in [6.45, 7) is 6.25. The average molecular weight is 295 g/mol. The van der Waals surface area contributed by atoms with Crippen molar-refractivity contribution in [2.45, 2.75) is 27.2 Å². The summed E-state index contributed by atoms with van der Waals surface area (Å²) in [5.74, 6) is 0.0996. The van der Waals surface area contributed by atoms with Crippen LogP contribution in [-0.2, 0) is 6.42 Å². The first-order chi connectivity index (χ1) is 10.0. The van der Waals surface area contributed by atoms with E-state index in [4.69, 9.17) is 0 Å². The third-order valence-electron chi connectivity index (χ3n) is 3.84. The Morgan fingerprint density at radius 3 is 2.52 bits per heavy atom. The highest BCUT2D eigenvalue weighted by Gasteiger charge is 2.14. The molecule has 0 aliphatic carbocycles. The second-order valence-electron chi connectivity index (χ2n) is 5.45. The lowest BCUT2D eigenvalue weighted by molar-refractivity contribution is 0.0992. The Balaban J connectivity index is 1.91. The number of thiazole rings is 1. The number of rotatable bonds is 3. The van der Waals surface area contributed by atoms with Crippen LogP contribution in [0.5, 0.6) is 0 Å². The van der Waals surface area contributed by atoms with Gasteiger partial charge in [0.05, 0.1) is 10.2 Å². The van der Waals surface area contributed by atoms with Crippen molar-refractivity contribution in [2.24, 2.45) is 0 Å². The van der Waals surface area contributed by atoms with Crippen LogP contribution in [0.25, 0.3) is 10.2 Å². The number of fused-ring (bicyclic) bond motifs is 1. The van der Waals surface area contributed by atoms with Gasteiger partial charge in [-0.25, -0.2) is 4.98 Å². The number of hydrogen-bond donors (Lipinski definition) is 0. The van der Waals surface area contributed by atoms with Gasteiger partial charge in [-0.3, -0.25) is 4.79 Å². The fraction of sp³-hybridized carbons (Fsp3) is 0.222. The standard InChI is InChI=1S/C18H17NOS/c1-11-8-13(3)14(9-12(11)2)10-16(20)18-19-15-6-4-5-7-17(15)21-18/h4-9H,10H2,1-3H3. The molecule has 21 heavy (non-hydrogen) atoms. The highest BCUT2D eigenvalue weighted by Crippen LogP contribution is 2.24. The highest BCUT2D eigenvalue weighted by atomic mass is 32.1. The molecule has 3 heteroatoms. The lowest BCUT2D eigenvalue weighted by Gasteiger charge is -2.08. The van der Waals surface area contributed by atoms with Crippen LogP contribution in [0.1, 0.15) is 32.1 Å². The molecule has 0 fully saturated rings. The zero-order valence-electron chi connectivity index (χ0n) is 12.4. The first-order valence-electron chi connectivity index (χ1n) is 7.00. The number of carbonyl (C=O) groups is 1. The summed E-state index contributed by atoms with van der Waals surface area (Å²) in [6.07, 6.45) is 0.423. The van der Waals surface area contributed by atoms with Crippen molar-refractivity contribution in [3.8, 4) is 0 Å². The zero-order chi connectivity index (χ0) is 15.0. The summed E-state index contributed by atoms with van der Waals surface area (Å²) in [7, 11) is 0. The summed E-state index contributed by atoms with van der Waals surface area (Å²) in [6, 6.07) is 12.1. The monoisotopic (exact) mass is 295 g/mol. The van der Waals surface area contributed by atoms with Crippen LogP contribution in [0.2, 0.25) is 0 Å². The SMILES string of the molecule is Cc1cc(C)c(CC(=O)c2nc3ccccc3s2)cc1C. The van der Waals surface area contributed by atoms with Crippen LogP contribution in [0.3, 0.4) is 0 Å². The zero-order valence-corrected chi connectivity index (χ0v) is 13.3. The predicted octanol–water partition coefficient (Wildman–Crippen LogP) is 4.65. The normalized spacial score (nSPS) is 11.0. The molecule has 106 valence electrons. The summed E-state index contributed by atoms with van der Waals surface area (Å²) in [5.41, 5.74) is 5.67. The number of aryl methyl sites for hydroxylation is 3. The number of para-hydroxylation sites is 1. The van der Waals surface area contributed by atoms with Crippen molar-refractivity contribution in [3.63, 3.8) is 0 Å². The minimum absolute atomic E-state index is 0.0996. The van der Waals surface area contributed by atoms with E-state index >= 15 is 0 Å². The third kappa shape index (κ3) is 2.74. The van der Waals surface area contributed by atoms with E-state index in [2.05, 4.69) is 37.9 Å². The third-order valence-corrected chi connectivity index (χ3v) is 4.91. The molecule has 2 nitrogen and oxygen atoms in total. The molecule has 1 heterocycles.